The predicted molar refractivity (Wildman–Crippen MR) is 72.8 cm³/mol. The van der Waals surface area contributed by atoms with Crippen LogP contribution in [-0.2, 0) is 4.79 Å². The molecule has 0 aromatic rings. The number of hydrogen-bond acceptors (Lipinski definition) is 4. The molecule has 0 spiro atoms. The van der Waals surface area contributed by atoms with Crippen LogP contribution in [0.1, 0.15) is 38.5 Å². The summed E-state index contributed by atoms with van der Waals surface area (Å²) >= 11 is 1.82. The van der Waals surface area contributed by atoms with E-state index >= 15 is 0 Å². The summed E-state index contributed by atoms with van der Waals surface area (Å²) in [4.78, 5) is 12.3. The molecule has 2 saturated carbocycles. The Morgan fingerprint density at radius 2 is 2.11 bits per heavy atom. The number of rotatable bonds is 4. The Hall–Kier alpha value is -0.910. The molecule has 102 valence electrons. The maximum atomic E-state index is 12.3. The molecule has 0 aromatic carbocycles. The number of amides is 1. The van der Waals surface area contributed by atoms with Crippen molar-refractivity contribution in [3.8, 4) is 0 Å². The number of nitrogens with two attached hydrogens (primary N) is 1. The maximum Gasteiger partial charge on any atom is 0.234 e. The van der Waals surface area contributed by atoms with Crippen LogP contribution < -0.4 is 11.1 Å². The second-order valence-electron chi connectivity index (χ2n) is 5.21. The summed E-state index contributed by atoms with van der Waals surface area (Å²) in [7, 11) is 0. The van der Waals surface area contributed by atoms with Crippen LogP contribution in [0.25, 0.3) is 0 Å². The number of carbonyl (C=O) groups excluding carboxylic acids is 1. The number of nitrogens with zero attached hydrogens (tertiary/aromatic N) is 1. The van der Waals surface area contributed by atoms with E-state index in [0.29, 0.717) is 18.1 Å². The van der Waals surface area contributed by atoms with Gasteiger partial charge in [-0.3, -0.25) is 4.79 Å². The molecule has 0 bridgehead atoms. The van der Waals surface area contributed by atoms with E-state index in [1.54, 1.807) is 0 Å². The van der Waals surface area contributed by atoms with E-state index in [0.717, 1.165) is 12.8 Å². The SMILES string of the molecule is CSC1CCCCC1NC(=O)C1(C(N)=NO)CC1. The van der Waals surface area contributed by atoms with Gasteiger partial charge < -0.3 is 16.3 Å². The molecule has 2 unspecified atom stereocenters. The second-order valence-corrected chi connectivity index (χ2v) is 6.28. The van der Waals surface area contributed by atoms with Gasteiger partial charge in [0.15, 0.2) is 5.84 Å². The molecule has 5 nitrogen and oxygen atoms in total. The lowest BCUT2D eigenvalue weighted by atomic mass is 9.93. The molecule has 0 aromatic heterocycles. The van der Waals surface area contributed by atoms with Gasteiger partial charge in [-0.15, -0.1) is 0 Å². The highest BCUT2D eigenvalue weighted by Crippen LogP contribution is 2.46. The van der Waals surface area contributed by atoms with Crippen molar-refractivity contribution in [2.45, 2.75) is 49.8 Å². The highest BCUT2D eigenvalue weighted by atomic mass is 32.2. The van der Waals surface area contributed by atoms with E-state index in [1.807, 2.05) is 11.8 Å². The van der Waals surface area contributed by atoms with Crippen LogP contribution in [-0.4, -0.2) is 34.5 Å². The lowest BCUT2D eigenvalue weighted by Crippen LogP contribution is -2.49. The minimum absolute atomic E-state index is 0.0523. The van der Waals surface area contributed by atoms with Gasteiger partial charge in [0.25, 0.3) is 0 Å². The van der Waals surface area contributed by atoms with Crippen LogP contribution in [0, 0.1) is 5.41 Å². The minimum Gasteiger partial charge on any atom is -0.409 e. The maximum absolute atomic E-state index is 12.3. The van der Waals surface area contributed by atoms with Crippen molar-refractivity contribution in [1.29, 1.82) is 0 Å². The largest absolute Gasteiger partial charge is 0.409 e. The summed E-state index contributed by atoms with van der Waals surface area (Å²) in [5, 5.41) is 15.3. The molecule has 6 heteroatoms. The highest BCUT2D eigenvalue weighted by molar-refractivity contribution is 7.99. The van der Waals surface area contributed by atoms with Crippen LogP contribution in [0.4, 0.5) is 0 Å². The Balaban J connectivity index is 1.98. The van der Waals surface area contributed by atoms with Crippen molar-refractivity contribution >= 4 is 23.5 Å². The van der Waals surface area contributed by atoms with Gasteiger partial charge in [0.1, 0.15) is 5.41 Å². The van der Waals surface area contributed by atoms with Gasteiger partial charge in [-0.2, -0.15) is 11.8 Å². The Kier molecular flexibility index (Phi) is 4.04. The van der Waals surface area contributed by atoms with Gasteiger partial charge in [-0.05, 0) is 31.9 Å². The number of thioether (sulfide) groups is 1. The van der Waals surface area contributed by atoms with Crippen LogP contribution in [0.5, 0.6) is 0 Å². The van der Waals surface area contributed by atoms with Crippen molar-refractivity contribution in [3.05, 3.63) is 0 Å². The van der Waals surface area contributed by atoms with Crippen molar-refractivity contribution in [2.75, 3.05) is 6.26 Å². The zero-order valence-electron chi connectivity index (χ0n) is 10.7. The van der Waals surface area contributed by atoms with E-state index in [-0.39, 0.29) is 17.8 Å². The molecule has 2 rings (SSSR count). The Labute approximate surface area is 112 Å². The summed E-state index contributed by atoms with van der Waals surface area (Å²) in [5.41, 5.74) is 4.89. The standard InChI is InChI=1S/C12H21N3O2S/c1-18-9-5-3-2-4-8(9)14-11(16)12(6-7-12)10(13)15-17/h8-9,17H,2-7H2,1H3,(H2,13,15)(H,14,16). The number of oxime groups is 1. The zero-order valence-corrected chi connectivity index (χ0v) is 11.5. The summed E-state index contributed by atoms with van der Waals surface area (Å²) in [6, 6.07) is 0.227. The molecular formula is C12H21N3O2S. The molecule has 1 amide bonds. The molecule has 0 aliphatic heterocycles. The topological polar surface area (TPSA) is 87.7 Å². The van der Waals surface area contributed by atoms with Crippen LogP contribution >= 0.6 is 11.8 Å². The number of hydrogen-bond donors (Lipinski definition) is 3. The third-order valence-electron chi connectivity index (χ3n) is 4.10. The monoisotopic (exact) mass is 271 g/mol. The lowest BCUT2D eigenvalue weighted by molar-refractivity contribution is -0.125. The molecule has 0 radical (unpaired) electrons. The summed E-state index contributed by atoms with van der Waals surface area (Å²) < 4.78 is 0. The molecule has 2 fully saturated rings. The number of amidine groups is 1. The molecule has 18 heavy (non-hydrogen) atoms. The highest BCUT2D eigenvalue weighted by Gasteiger charge is 2.54. The van der Waals surface area contributed by atoms with Gasteiger partial charge >= 0.3 is 0 Å². The lowest BCUT2D eigenvalue weighted by Gasteiger charge is -2.32. The summed E-state index contributed by atoms with van der Waals surface area (Å²) in [5.74, 6) is -0.0136. The first-order valence-corrected chi connectivity index (χ1v) is 7.74. The Morgan fingerprint density at radius 1 is 1.44 bits per heavy atom. The summed E-state index contributed by atoms with van der Waals surface area (Å²) in [6.45, 7) is 0. The number of nitrogens with one attached hydrogen (secondary N) is 1. The number of carbonyl (C=O) groups is 1. The Bertz CT molecular complexity index is 355. The average Bonchev–Trinajstić information content (AvgIpc) is 3.20. The predicted octanol–water partition coefficient (Wildman–Crippen LogP) is 1.30. The fourth-order valence-electron chi connectivity index (χ4n) is 2.67. The first kappa shape index (κ1) is 13.5. The molecule has 0 heterocycles. The average molecular weight is 271 g/mol. The Morgan fingerprint density at radius 3 is 2.67 bits per heavy atom. The third kappa shape index (κ3) is 2.43. The minimum atomic E-state index is -0.727. The van der Waals surface area contributed by atoms with E-state index in [1.165, 1.54) is 12.8 Å². The van der Waals surface area contributed by atoms with Crippen molar-refractivity contribution < 1.29 is 10.0 Å². The van der Waals surface area contributed by atoms with E-state index < -0.39 is 5.41 Å². The second kappa shape index (κ2) is 5.38. The van der Waals surface area contributed by atoms with E-state index in [9.17, 15) is 4.79 Å². The zero-order chi connectivity index (χ0) is 13.2. The van der Waals surface area contributed by atoms with Crippen LogP contribution in [0.3, 0.4) is 0 Å². The van der Waals surface area contributed by atoms with Crippen LogP contribution in [0.2, 0.25) is 0 Å². The fraction of sp³-hybridized carbons (Fsp3) is 0.833. The van der Waals surface area contributed by atoms with E-state index in [4.69, 9.17) is 10.9 Å². The third-order valence-corrected chi connectivity index (χ3v) is 5.27. The smallest absolute Gasteiger partial charge is 0.234 e. The van der Waals surface area contributed by atoms with Crippen molar-refractivity contribution in [2.24, 2.45) is 16.3 Å². The van der Waals surface area contributed by atoms with Gasteiger partial charge in [-0.25, -0.2) is 0 Å². The van der Waals surface area contributed by atoms with Crippen molar-refractivity contribution in [1.82, 2.24) is 5.32 Å². The molecule has 2 aliphatic rings. The quantitative estimate of drug-likeness (QED) is 0.311. The first-order chi connectivity index (χ1) is 8.64. The fourth-order valence-corrected chi connectivity index (χ4v) is 3.61. The van der Waals surface area contributed by atoms with E-state index in [2.05, 4.69) is 16.7 Å². The van der Waals surface area contributed by atoms with Crippen LogP contribution in [0.15, 0.2) is 5.16 Å². The molecule has 4 N–H and O–H groups in total. The molecular weight excluding hydrogens is 250 g/mol. The van der Waals surface area contributed by atoms with Gasteiger partial charge in [0.2, 0.25) is 5.91 Å². The van der Waals surface area contributed by atoms with Gasteiger partial charge in [0, 0.05) is 11.3 Å². The first-order valence-electron chi connectivity index (χ1n) is 6.46. The molecule has 2 aliphatic carbocycles. The van der Waals surface area contributed by atoms with Crippen molar-refractivity contribution in [3.63, 3.8) is 0 Å². The van der Waals surface area contributed by atoms with Gasteiger partial charge in [-0.1, -0.05) is 18.0 Å². The molecule has 2 atom stereocenters. The van der Waals surface area contributed by atoms with Gasteiger partial charge in [0.05, 0.1) is 0 Å². The summed E-state index contributed by atoms with van der Waals surface area (Å²) in [6.07, 6.45) is 8.05. The normalized spacial score (nSPS) is 30.8. The molecule has 0 saturated heterocycles.